The summed E-state index contributed by atoms with van der Waals surface area (Å²) < 4.78 is 0. The number of hydrogen-bond acceptors (Lipinski definition) is 5. The number of nitrogens with zero attached hydrogens (tertiary/aromatic N) is 4. The predicted octanol–water partition coefficient (Wildman–Crippen LogP) is 3.77. The summed E-state index contributed by atoms with van der Waals surface area (Å²) in [7, 11) is 2.12. The molecular weight excluding hydrogens is 386 g/mol. The Hall–Kier alpha value is -2.18. The maximum Gasteiger partial charge on any atom is 0.226 e. The molecule has 1 unspecified atom stereocenters. The van der Waals surface area contributed by atoms with Gasteiger partial charge in [-0.2, -0.15) is 0 Å². The fourth-order valence-electron chi connectivity index (χ4n) is 4.51. The van der Waals surface area contributed by atoms with Crippen LogP contribution in [0.25, 0.3) is 11.1 Å². The molecule has 2 fully saturated rings. The van der Waals surface area contributed by atoms with Crippen molar-refractivity contribution in [1.82, 2.24) is 19.8 Å². The van der Waals surface area contributed by atoms with Crippen LogP contribution in [0.5, 0.6) is 0 Å². The van der Waals surface area contributed by atoms with E-state index < -0.39 is 0 Å². The van der Waals surface area contributed by atoms with Crippen LogP contribution in [0, 0.1) is 5.92 Å². The van der Waals surface area contributed by atoms with Crippen molar-refractivity contribution >= 4 is 23.5 Å². The monoisotopic (exact) mass is 413 g/mol. The van der Waals surface area contributed by atoms with Crippen molar-refractivity contribution in [3.8, 4) is 11.1 Å². The molecule has 1 atom stereocenters. The maximum absolute atomic E-state index is 13.4. The molecule has 4 rings (SSSR count). The number of likely N-dealkylation sites (tertiary alicyclic amines) is 2. The minimum Gasteiger partial charge on any atom is -0.368 e. The van der Waals surface area contributed by atoms with Crippen LogP contribution in [-0.2, 0) is 4.79 Å². The molecule has 2 aromatic rings. The Morgan fingerprint density at radius 3 is 2.72 bits per heavy atom. The second kappa shape index (κ2) is 8.67. The van der Waals surface area contributed by atoms with E-state index in [9.17, 15) is 4.79 Å². The van der Waals surface area contributed by atoms with E-state index in [0.717, 1.165) is 68.6 Å². The molecular formula is C22H28ClN5O. The molecule has 2 aliphatic rings. The highest BCUT2D eigenvalue weighted by Crippen LogP contribution is 2.38. The Kier molecular flexibility index (Phi) is 6.01. The van der Waals surface area contributed by atoms with Crippen LogP contribution in [0.2, 0.25) is 5.02 Å². The molecule has 1 amide bonds. The van der Waals surface area contributed by atoms with E-state index in [1.54, 1.807) is 6.20 Å². The van der Waals surface area contributed by atoms with Crippen LogP contribution in [0.1, 0.15) is 43.8 Å². The van der Waals surface area contributed by atoms with Crippen molar-refractivity contribution in [2.24, 2.45) is 5.92 Å². The fraction of sp³-hybridized carbons (Fsp3) is 0.500. The van der Waals surface area contributed by atoms with Gasteiger partial charge < -0.3 is 15.5 Å². The summed E-state index contributed by atoms with van der Waals surface area (Å²) in [6, 6.07) is 7.59. The number of nitrogens with two attached hydrogens (primary N) is 1. The van der Waals surface area contributed by atoms with Crippen molar-refractivity contribution in [3.05, 3.63) is 41.2 Å². The fourth-order valence-corrected chi connectivity index (χ4v) is 4.70. The van der Waals surface area contributed by atoms with Gasteiger partial charge in [0, 0.05) is 29.2 Å². The molecule has 7 heteroatoms. The van der Waals surface area contributed by atoms with Crippen molar-refractivity contribution < 1.29 is 4.79 Å². The topological polar surface area (TPSA) is 75.4 Å². The Balaban J connectivity index is 1.68. The number of hydrogen-bond donors (Lipinski definition) is 1. The summed E-state index contributed by atoms with van der Waals surface area (Å²) in [5.41, 5.74) is 8.65. The molecule has 2 aliphatic heterocycles. The van der Waals surface area contributed by atoms with Gasteiger partial charge in [-0.05, 0) is 69.9 Å². The number of benzene rings is 1. The second-order valence-electron chi connectivity index (χ2n) is 8.16. The number of piperidine rings is 2. The summed E-state index contributed by atoms with van der Waals surface area (Å²) in [6.07, 6.45) is 6.60. The van der Waals surface area contributed by atoms with Gasteiger partial charge in [0.15, 0.2) is 0 Å². The predicted molar refractivity (Wildman–Crippen MR) is 115 cm³/mol. The van der Waals surface area contributed by atoms with E-state index in [1.807, 2.05) is 24.3 Å². The third kappa shape index (κ3) is 4.38. The molecule has 1 aromatic heterocycles. The number of halogens is 1. The first-order chi connectivity index (χ1) is 14.0. The zero-order valence-corrected chi connectivity index (χ0v) is 17.6. The molecule has 0 saturated carbocycles. The van der Waals surface area contributed by atoms with Crippen LogP contribution in [-0.4, -0.2) is 52.4 Å². The molecule has 0 radical (unpaired) electrons. The van der Waals surface area contributed by atoms with Gasteiger partial charge in [0.2, 0.25) is 11.9 Å². The molecule has 0 aliphatic carbocycles. The largest absolute Gasteiger partial charge is 0.368 e. The minimum atomic E-state index is -0.0739. The first-order valence-electron chi connectivity index (χ1n) is 10.4. The van der Waals surface area contributed by atoms with Gasteiger partial charge in [0.1, 0.15) is 0 Å². The Morgan fingerprint density at radius 1 is 1.17 bits per heavy atom. The van der Waals surface area contributed by atoms with Gasteiger partial charge in [0.05, 0.1) is 11.7 Å². The zero-order chi connectivity index (χ0) is 20.4. The Bertz CT molecular complexity index is 881. The quantitative estimate of drug-likeness (QED) is 0.828. The number of carbonyl (C=O) groups is 1. The van der Waals surface area contributed by atoms with Gasteiger partial charge >= 0.3 is 0 Å². The SMILES string of the molecule is CN1CCC(C(=O)N2CCCCC2c2nc(N)ncc2-c2cccc(Cl)c2)CC1. The van der Waals surface area contributed by atoms with Gasteiger partial charge in [-0.25, -0.2) is 9.97 Å². The normalized spacial score (nSPS) is 21.3. The first kappa shape index (κ1) is 20.1. The lowest BCUT2D eigenvalue weighted by atomic mass is 9.90. The number of rotatable bonds is 3. The standard InChI is InChI=1S/C22H28ClN5O/c1-27-11-8-15(9-12-27)21(29)28-10-3-2-7-19(28)20-18(14-25-22(24)26-20)16-5-4-6-17(23)13-16/h4-6,13-15,19H,2-3,7-12H2,1H3,(H2,24,25,26). The molecule has 6 nitrogen and oxygen atoms in total. The number of carbonyl (C=O) groups excluding carboxylic acids is 1. The lowest BCUT2D eigenvalue weighted by molar-refractivity contribution is -0.141. The Labute approximate surface area is 177 Å². The average Bonchev–Trinajstić information content (AvgIpc) is 2.74. The Morgan fingerprint density at radius 2 is 1.97 bits per heavy atom. The van der Waals surface area contributed by atoms with E-state index in [1.165, 1.54) is 0 Å². The zero-order valence-electron chi connectivity index (χ0n) is 16.9. The van der Waals surface area contributed by atoms with E-state index >= 15 is 0 Å². The number of amides is 1. The highest BCUT2D eigenvalue weighted by molar-refractivity contribution is 6.30. The van der Waals surface area contributed by atoms with Crippen LogP contribution in [0.4, 0.5) is 5.95 Å². The number of aromatic nitrogens is 2. The van der Waals surface area contributed by atoms with Gasteiger partial charge in [0.25, 0.3) is 0 Å². The molecule has 154 valence electrons. The molecule has 0 bridgehead atoms. The van der Waals surface area contributed by atoms with Crippen molar-refractivity contribution in [3.63, 3.8) is 0 Å². The number of nitrogen functional groups attached to an aromatic ring is 1. The van der Waals surface area contributed by atoms with E-state index in [2.05, 4.69) is 26.8 Å². The second-order valence-corrected chi connectivity index (χ2v) is 8.59. The number of anilines is 1. The summed E-state index contributed by atoms with van der Waals surface area (Å²) in [5, 5.41) is 0.660. The first-order valence-corrected chi connectivity index (χ1v) is 10.8. The van der Waals surface area contributed by atoms with Crippen LogP contribution in [0.3, 0.4) is 0 Å². The highest BCUT2D eigenvalue weighted by Gasteiger charge is 2.35. The van der Waals surface area contributed by atoms with E-state index in [-0.39, 0.29) is 23.8 Å². The summed E-state index contributed by atoms with van der Waals surface area (Å²) in [4.78, 5) is 26.6. The molecule has 0 spiro atoms. The van der Waals surface area contributed by atoms with Gasteiger partial charge in [-0.3, -0.25) is 4.79 Å². The summed E-state index contributed by atoms with van der Waals surface area (Å²) in [6.45, 7) is 2.72. The molecule has 1 aromatic carbocycles. The smallest absolute Gasteiger partial charge is 0.226 e. The molecule has 2 N–H and O–H groups in total. The molecule has 3 heterocycles. The third-order valence-electron chi connectivity index (χ3n) is 6.14. The molecule has 29 heavy (non-hydrogen) atoms. The average molecular weight is 414 g/mol. The lowest BCUT2D eigenvalue weighted by Gasteiger charge is -2.39. The van der Waals surface area contributed by atoms with Crippen molar-refractivity contribution in [1.29, 1.82) is 0 Å². The third-order valence-corrected chi connectivity index (χ3v) is 6.38. The van der Waals surface area contributed by atoms with Crippen LogP contribution in [0.15, 0.2) is 30.5 Å². The molecule has 2 saturated heterocycles. The van der Waals surface area contributed by atoms with Crippen LogP contribution >= 0.6 is 11.6 Å². The van der Waals surface area contributed by atoms with Gasteiger partial charge in [-0.15, -0.1) is 0 Å². The maximum atomic E-state index is 13.4. The van der Waals surface area contributed by atoms with Crippen molar-refractivity contribution in [2.75, 3.05) is 32.4 Å². The minimum absolute atomic E-state index is 0.0739. The summed E-state index contributed by atoms with van der Waals surface area (Å²) in [5.74, 6) is 0.598. The van der Waals surface area contributed by atoms with E-state index in [0.29, 0.717) is 5.02 Å². The van der Waals surface area contributed by atoms with E-state index in [4.69, 9.17) is 17.3 Å². The highest BCUT2D eigenvalue weighted by atomic mass is 35.5. The van der Waals surface area contributed by atoms with Crippen molar-refractivity contribution in [2.45, 2.75) is 38.1 Å². The van der Waals surface area contributed by atoms with Gasteiger partial charge in [-0.1, -0.05) is 23.7 Å². The van der Waals surface area contributed by atoms with Crippen LogP contribution < -0.4 is 5.73 Å². The lowest BCUT2D eigenvalue weighted by Crippen LogP contribution is -2.45. The summed E-state index contributed by atoms with van der Waals surface area (Å²) >= 11 is 6.22.